The van der Waals surface area contributed by atoms with E-state index in [1.54, 1.807) is 12.1 Å². The summed E-state index contributed by atoms with van der Waals surface area (Å²) in [5, 5.41) is 12.7. The Hall–Kier alpha value is -2.43. The van der Waals surface area contributed by atoms with Crippen molar-refractivity contribution in [3.63, 3.8) is 0 Å². The molecule has 1 aromatic carbocycles. The highest BCUT2D eigenvalue weighted by Gasteiger charge is 2.16. The maximum absolute atomic E-state index is 11.3. The average Bonchev–Trinajstić information content (AvgIpc) is 2.39. The third-order valence-corrected chi connectivity index (χ3v) is 2.32. The van der Waals surface area contributed by atoms with E-state index in [1.807, 2.05) is 24.3 Å². The summed E-state index contributed by atoms with van der Waals surface area (Å²) in [7, 11) is 1.22. The predicted molar refractivity (Wildman–Crippen MR) is 62.1 cm³/mol. The lowest BCUT2D eigenvalue weighted by Gasteiger charge is -2.03. The lowest BCUT2D eigenvalue weighted by Crippen LogP contribution is -2.18. The number of nitrogens with zero attached hydrogens (tertiary/aromatic N) is 2. The highest BCUT2D eigenvalue weighted by Crippen LogP contribution is 2.12. The minimum absolute atomic E-state index is 0.210. The van der Waals surface area contributed by atoms with Gasteiger partial charge in [-0.05, 0) is 12.1 Å². The first-order valence-corrected chi connectivity index (χ1v) is 4.93. The summed E-state index contributed by atoms with van der Waals surface area (Å²) >= 11 is 0. The van der Waals surface area contributed by atoms with E-state index in [-0.39, 0.29) is 11.4 Å². The molecule has 0 aliphatic rings. The highest BCUT2D eigenvalue weighted by atomic mass is 16.5. The van der Waals surface area contributed by atoms with E-state index in [4.69, 9.17) is 5.21 Å². The van der Waals surface area contributed by atoms with Gasteiger partial charge in [0.15, 0.2) is 0 Å². The van der Waals surface area contributed by atoms with Gasteiger partial charge in [0, 0.05) is 5.39 Å². The molecule has 5 nitrogen and oxygen atoms in total. The second kappa shape index (κ2) is 4.61. The van der Waals surface area contributed by atoms with E-state index in [2.05, 4.69) is 14.9 Å². The number of carbonyl (C=O) groups excluding carboxylic acids is 1. The number of methoxy groups -OCH3 is 1. The van der Waals surface area contributed by atoms with Gasteiger partial charge < -0.3 is 9.94 Å². The number of aromatic nitrogens is 1. The van der Waals surface area contributed by atoms with Crippen molar-refractivity contribution in [1.29, 1.82) is 0 Å². The van der Waals surface area contributed by atoms with E-state index in [9.17, 15) is 4.79 Å². The summed E-state index contributed by atoms with van der Waals surface area (Å²) in [5.41, 5.74) is 0.784. The topological polar surface area (TPSA) is 71.8 Å². The molecule has 2 rings (SSSR count). The molecular formula is C12H10N2O3. The van der Waals surface area contributed by atoms with Crippen molar-refractivity contribution in [2.24, 2.45) is 5.16 Å². The van der Waals surface area contributed by atoms with Gasteiger partial charge in [0.1, 0.15) is 5.69 Å². The number of rotatable bonds is 2. The zero-order chi connectivity index (χ0) is 12.3. The van der Waals surface area contributed by atoms with Crippen molar-refractivity contribution in [3.05, 3.63) is 42.1 Å². The molecule has 0 amide bonds. The Labute approximate surface area is 97.3 Å². The van der Waals surface area contributed by atoms with Crippen molar-refractivity contribution in [3.8, 4) is 0 Å². The number of fused-ring (bicyclic) bond motifs is 1. The van der Waals surface area contributed by atoms with Crippen LogP contribution in [0.1, 0.15) is 5.69 Å². The van der Waals surface area contributed by atoms with Crippen LogP contribution in [0, 0.1) is 0 Å². The SMILES string of the molecule is COC(=O)/C(=N\O)c1ccc2ccccc2n1. The lowest BCUT2D eigenvalue weighted by molar-refractivity contribution is -0.132. The van der Waals surface area contributed by atoms with E-state index in [0.29, 0.717) is 0 Å². The third-order valence-electron chi connectivity index (χ3n) is 2.32. The molecule has 0 bridgehead atoms. The molecular weight excluding hydrogens is 220 g/mol. The summed E-state index contributed by atoms with van der Waals surface area (Å²) < 4.78 is 4.50. The Morgan fingerprint density at radius 2 is 2.06 bits per heavy atom. The number of ether oxygens (including phenoxy) is 1. The Kier molecular flexibility index (Phi) is 3.00. The number of para-hydroxylation sites is 1. The molecule has 1 heterocycles. The van der Waals surface area contributed by atoms with Crippen LogP contribution < -0.4 is 0 Å². The standard InChI is InChI=1S/C12H10N2O3/c1-17-12(15)11(14-16)10-7-6-8-4-2-3-5-9(8)13-10/h2-7,16H,1H3/b14-11-. The number of benzene rings is 1. The fourth-order valence-corrected chi connectivity index (χ4v) is 1.49. The van der Waals surface area contributed by atoms with Gasteiger partial charge in [0.05, 0.1) is 12.6 Å². The van der Waals surface area contributed by atoms with Gasteiger partial charge in [-0.1, -0.05) is 29.4 Å². The maximum atomic E-state index is 11.3. The molecule has 2 aromatic rings. The van der Waals surface area contributed by atoms with Crippen molar-refractivity contribution in [2.45, 2.75) is 0 Å². The van der Waals surface area contributed by atoms with E-state index < -0.39 is 5.97 Å². The Balaban J connectivity index is 2.52. The van der Waals surface area contributed by atoms with Crippen LogP contribution in [0.3, 0.4) is 0 Å². The Bertz CT molecular complexity index is 593. The first-order valence-electron chi connectivity index (χ1n) is 4.93. The van der Waals surface area contributed by atoms with Crippen LogP contribution in [0.15, 0.2) is 41.6 Å². The van der Waals surface area contributed by atoms with E-state index in [1.165, 1.54) is 7.11 Å². The Morgan fingerprint density at radius 1 is 1.29 bits per heavy atom. The molecule has 17 heavy (non-hydrogen) atoms. The predicted octanol–water partition coefficient (Wildman–Crippen LogP) is 1.59. The number of hydrogen-bond donors (Lipinski definition) is 1. The molecule has 1 aromatic heterocycles. The summed E-state index contributed by atoms with van der Waals surface area (Å²) in [4.78, 5) is 15.6. The number of hydrogen-bond acceptors (Lipinski definition) is 5. The molecule has 0 radical (unpaired) electrons. The summed E-state index contributed by atoms with van der Waals surface area (Å²) in [5.74, 6) is -0.727. The summed E-state index contributed by atoms with van der Waals surface area (Å²) in [6.45, 7) is 0. The second-order valence-corrected chi connectivity index (χ2v) is 3.33. The first-order chi connectivity index (χ1) is 8.26. The quantitative estimate of drug-likeness (QED) is 0.368. The summed E-state index contributed by atoms with van der Waals surface area (Å²) in [6.07, 6.45) is 0. The molecule has 0 unspecified atom stereocenters. The van der Waals surface area contributed by atoms with Crippen molar-refractivity contribution in [2.75, 3.05) is 7.11 Å². The van der Waals surface area contributed by atoms with Crippen molar-refractivity contribution >= 4 is 22.6 Å². The van der Waals surface area contributed by atoms with Gasteiger partial charge in [-0.25, -0.2) is 9.78 Å². The zero-order valence-corrected chi connectivity index (χ0v) is 9.12. The molecule has 0 saturated carbocycles. The zero-order valence-electron chi connectivity index (χ0n) is 9.12. The number of esters is 1. The van der Waals surface area contributed by atoms with Crippen LogP contribution in [0.4, 0.5) is 0 Å². The first kappa shape index (κ1) is 11.1. The molecule has 0 saturated heterocycles. The number of oxime groups is 1. The average molecular weight is 230 g/mol. The van der Waals surface area contributed by atoms with Gasteiger partial charge in [-0.3, -0.25) is 0 Å². The van der Waals surface area contributed by atoms with Crippen LogP contribution in [0.2, 0.25) is 0 Å². The van der Waals surface area contributed by atoms with Crippen LogP contribution in [0.25, 0.3) is 10.9 Å². The van der Waals surface area contributed by atoms with Gasteiger partial charge in [-0.2, -0.15) is 0 Å². The normalized spacial score (nSPS) is 11.5. The van der Waals surface area contributed by atoms with Crippen LogP contribution in [-0.4, -0.2) is 29.0 Å². The fraction of sp³-hybridized carbons (Fsp3) is 0.0833. The van der Waals surface area contributed by atoms with E-state index >= 15 is 0 Å². The number of pyridine rings is 1. The lowest BCUT2D eigenvalue weighted by atomic mass is 10.1. The van der Waals surface area contributed by atoms with Gasteiger partial charge >= 0.3 is 5.97 Å². The van der Waals surface area contributed by atoms with Crippen molar-refractivity contribution in [1.82, 2.24) is 4.98 Å². The molecule has 0 aliphatic heterocycles. The Morgan fingerprint density at radius 3 is 2.76 bits per heavy atom. The molecule has 0 aliphatic carbocycles. The van der Waals surface area contributed by atoms with Gasteiger partial charge in [0.25, 0.3) is 0 Å². The van der Waals surface area contributed by atoms with Gasteiger partial charge in [-0.15, -0.1) is 0 Å². The van der Waals surface area contributed by atoms with Crippen LogP contribution >= 0.6 is 0 Å². The molecule has 0 spiro atoms. The van der Waals surface area contributed by atoms with Crippen molar-refractivity contribution < 1.29 is 14.7 Å². The third kappa shape index (κ3) is 2.08. The maximum Gasteiger partial charge on any atom is 0.362 e. The van der Waals surface area contributed by atoms with Crippen LogP contribution in [0.5, 0.6) is 0 Å². The monoisotopic (exact) mass is 230 g/mol. The minimum Gasteiger partial charge on any atom is -0.464 e. The smallest absolute Gasteiger partial charge is 0.362 e. The van der Waals surface area contributed by atoms with E-state index in [0.717, 1.165) is 10.9 Å². The van der Waals surface area contributed by atoms with Crippen LogP contribution in [-0.2, 0) is 9.53 Å². The second-order valence-electron chi connectivity index (χ2n) is 3.33. The minimum atomic E-state index is -0.727. The molecule has 86 valence electrons. The molecule has 5 heteroatoms. The highest BCUT2D eigenvalue weighted by molar-refractivity contribution is 6.42. The fourth-order valence-electron chi connectivity index (χ4n) is 1.49. The van der Waals surface area contributed by atoms with Gasteiger partial charge in [0.2, 0.25) is 5.71 Å². The largest absolute Gasteiger partial charge is 0.464 e. The number of carbonyl (C=O) groups is 1. The molecule has 0 atom stereocenters. The molecule has 0 fully saturated rings. The summed E-state index contributed by atoms with van der Waals surface area (Å²) in [6, 6.07) is 10.9. The molecule has 1 N–H and O–H groups in total.